The number of amides is 3. The number of benzene rings is 3. The molecule has 1 heterocycles. The van der Waals surface area contributed by atoms with Crippen LogP contribution in [0.15, 0.2) is 66.7 Å². The van der Waals surface area contributed by atoms with Crippen molar-refractivity contribution in [3.63, 3.8) is 0 Å². The second-order valence-electron chi connectivity index (χ2n) is 10.3. The van der Waals surface area contributed by atoms with E-state index < -0.39 is 47.9 Å². The van der Waals surface area contributed by atoms with Crippen LogP contribution in [0.25, 0.3) is 0 Å². The zero-order valence-corrected chi connectivity index (χ0v) is 22.7. The van der Waals surface area contributed by atoms with Crippen LogP contribution >= 0.6 is 0 Å². The molecule has 1 saturated heterocycles. The Morgan fingerprint density at radius 2 is 1.55 bits per heavy atom. The molecule has 4 rings (SSSR count). The first-order valence-electron chi connectivity index (χ1n) is 13.1. The van der Waals surface area contributed by atoms with E-state index in [1.54, 1.807) is 37.3 Å². The van der Waals surface area contributed by atoms with E-state index in [-0.39, 0.29) is 36.5 Å². The van der Waals surface area contributed by atoms with E-state index in [2.05, 4.69) is 5.32 Å². The number of nitrogens with one attached hydrogen (secondary N) is 1. The fourth-order valence-corrected chi connectivity index (χ4v) is 5.16. The van der Waals surface area contributed by atoms with Gasteiger partial charge in [-0.1, -0.05) is 24.3 Å². The minimum atomic E-state index is -5.02. The van der Waals surface area contributed by atoms with Crippen molar-refractivity contribution < 1.29 is 40.3 Å². The number of alkyl halides is 6. The number of carbonyl (C=O) groups excluding carboxylic acids is 2. The fourth-order valence-electron chi connectivity index (χ4n) is 5.16. The lowest BCUT2D eigenvalue weighted by atomic mass is 9.89. The highest BCUT2D eigenvalue weighted by Gasteiger charge is 2.38. The highest BCUT2D eigenvalue weighted by molar-refractivity contribution is 5.94. The third-order valence-electron chi connectivity index (χ3n) is 7.20. The van der Waals surface area contributed by atoms with Crippen LogP contribution in [0.3, 0.4) is 0 Å². The molecule has 0 spiro atoms. The molecule has 1 N–H and O–H groups in total. The molecule has 0 bridgehead atoms. The van der Waals surface area contributed by atoms with Crippen LogP contribution in [-0.4, -0.2) is 41.4 Å². The topological polar surface area (TPSA) is 52.7 Å². The number of nitrogens with zero attached hydrogens (tertiary/aromatic N) is 2. The number of urea groups is 1. The molecule has 3 amide bonds. The summed E-state index contributed by atoms with van der Waals surface area (Å²) in [5, 5.41) is 2.96. The van der Waals surface area contributed by atoms with E-state index in [1.165, 1.54) is 30.1 Å². The first kappa shape index (κ1) is 30.9. The van der Waals surface area contributed by atoms with Crippen LogP contribution < -0.4 is 5.32 Å². The van der Waals surface area contributed by atoms with Gasteiger partial charge < -0.3 is 15.1 Å². The predicted molar refractivity (Wildman–Crippen MR) is 141 cm³/mol. The van der Waals surface area contributed by atoms with Gasteiger partial charge in [-0.25, -0.2) is 9.18 Å². The quantitative estimate of drug-likeness (QED) is 0.314. The fraction of sp³-hybridized carbons (Fsp3) is 0.333. The molecule has 1 aliphatic rings. The summed E-state index contributed by atoms with van der Waals surface area (Å²) in [5.74, 6) is -0.793. The van der Waals surface area contributed by atoms with E-state index >= 15 is 0 Å². The molecule has 224 valence electrons. The normalized spacial score (nSPS) is 17.6. The van der Waals surface area contributed by atoms with Crippen molar-refractivity contribution in [3.05, 3.63) is 106 Å². The molecular weight excluding hydrogens is 567 g/mol. The first-order chi connectivity index (χ1) is 19.6. The van der Waals surface area contributed by atoms with Crippen molar-refractivity contribution in [3.8, 4) is 0 Å². The van der Waals surface area contributed by atoms with E-state index in [0.29, 0.717) is 35.2 Å². The standard InChI is InChI=1S/C30H28F7N3O2/c1-18-12-23(31)8-9-25(18)26-16-24(38-27(41)20-6-4-3-5-7-20)10-11-40(26)28(42)39(2)17-19-13-21(29(32,33)34)15-22(14-19)30(35,36)37/h3-9,12-15,24,26H,10-11,16-17H2,1-2H3,(H,38,41)/t24-,26-/m1/s1. The summed E-state index contributed by atoms with van der Waals surface area (Å²) < 4.78 is 94.0. The maximum absolute atomic E-state index is 13.9. The molecular formula is C30H28F7N3O2. The number of rotatable bonds is 5. The van der Waals surface area contributed by atoms with Crippen LogP contribution in [0, 0.1) is 12.7 Å². The van der Waals surface area contributed by atoms with Crippen LogP contribution in [0.4, 0.5) is 35.5 Å². The molecule has 5 nitrogen and oxygen atoms in total. The number of hydrogen-bond donors (Lipinski definition) is 1. The number of piperidine rings is 1. The van der Waals surface area contributed by atoms with E-state index in [9.17, 15) is 40.3 Å². The Morgan fingerprint density at radius 3 is 2.12 bits per heavy atom. The van der Waals surface area contributed by atoms with Gasteiger partial charge in [-0.15, -0.1) is 0 Å². The van der Waals surface area contributed by atoms with Crippen molar-refractivity contribution in [2.75, 3.05) is 13.6 Å². The summed E-state index contributed by atoms with van der Waals surface area (Å²) in [6.07, 6.45) is -9.44. The Labute approximate surface area is 237 Å². The Bertz CT molecular complexity index is 1410. The van der Waals surface area contributed by atoms with Gasteiger partial charge in [-0.2, -0.15) is 26.3 Å². The number of carbonyl (C=O) groups is 2. The van der Waals surface area contributed by atoms with Crippen LogP contribution in [0.5, 0.6) is 0 Å². The first-order valence-corrected chi connectivity index (χ1v) is 13.1. The van der Waals surface area contributed by atoms with Gasteiger partial charge in [0.05, 0.1) is 17.2 Å². The minimum Gasteiger partial charge on any atom is -0.349 e. The van der Waals surface area contributed by atoms with Crippen molar-refractivity contribution in [2.24, 2.45) is 0 Å². The lowest BCUT2D eigenvalue weighted by Crippen LogP contribution is -2.51. The van der Waals surface area contributed by atoms with Gasteiger partial charge in [0, 0.05) is 31.7 Å². The minimum absolute atomic E-state index is 0.0349. The van der Waals surface area contributed by atoms with Crippen molar-refractivity contribution in [2.45, 2.75) is 50.7 Å². The zero-order chi connectivity index (χ0) is 30.8. The SMILES string of the molecule is Cc1cc(F)ccc1[C@H]1C[C@H](NC(=O)c2ccccc2)CCN1C(=O)N(C)Cc1cc(C(F)(F)F)cc(C(F)(F)F)c1. The molecule has 0 saturated carbocycles. The second-order valence-corrected chi connectivity index (χ2v) is 10.3. The largest absolute Gasteiger partial charge is 0.416 e. The number of halogens is 7. The monoisotopic (exact) mass is 595 g/mol. The molecule has 0 radical (unpaired) electrons. The third-order valence-corrected chi connectivity index (χ3v) is 7.20. The Kier molecular flexibility index (Phi) is 8.84. The molecule has 12 heteroatoms. The smallest absolute Gasteiger partial charge is 0.349 e. The van der Waals surface area contributed by atoms with Crippen molar-refractivity contribution in [1.29, 1.82) is 0 Å². The molecule has 2 atom stereocenters. The van der Waals surface area contributed by atoms with Crippen molar-refractivity contribution >= 4 is 11.9 Å². The van der Waals surface area contributed by atoms with E-state index in [0.717, 1.165) is 4.90 Å². The maximum atomic E-state index is 13.9. The third kappa shape index (κ3) is 7.21. The summed E-state index contributed by atoms with van der Waals surface area (Å²) in [7, 11) is 1.29. The van der Waals surface area contributed by atoms with Gasteiger partial charge in [0.2, 0.25) is 0 Å². The molecule has 1 fully saturated rings. The van der Waals surface area contributed by atoms with Gasteiger partial charge >= 0.3 is 18.4 Å². The zero-order valence-electron chi connectivity index (χ0n) is 22.7. The van der Waals surface area contributed by atoms with E-state index in [4.69, 9.17) is 0 Å². The van der Waals surface area contributed by atoms with Crippen LogP contribution in [0.1, 0.15) is 57.1 Å². The van der Waals surface area contributed by atoms with Gasteiger partial charge in [-0.3, -0.25) is 4.79 Å². The second kappa shape index (κ2) is 12.0. The summed E-state index contributed by atoms with van der Waals surface area (Å²) in [5.41, 5.74) is -1.68. The average molecular weight is 596 g/mol. The molecule has 3 aromatic carbocycles. The van der Waals surface area contributed by atoms with Gasteiger partial charge in [-0.05, 0) is 78.9 Å². The Hall–Kier alpha value is -4.09. The lowest BCUT2D eigenvalue weighted by molar-refractivity contribution is -0.143. The maximum Gasteiger partial charge on any atom is 0.416 e. The summed E-state index contributed by atoms with van der Waals surface area (Å²) in [6, 6.07) is 12.2. The Balaban J connectivity index is 1.59. The van der Waals surface area contributed by atoms with Crippen LogP contribution in [0.2, 0.25) is 0 Å². The predicted octanol–water partition coefficient (Wildman–Crippen LogP) is 7.36. The summed E-state index contributed by atoms with van der Waals surface area (Å²) in [6.45, 7) is 1.27. The van der Waals surface area contributed by atoms with Crippen LogP contribution in [-0.2, 0) is 18.9 Å². The van der Waals surface area contributed by atoms with Crippen molar-refractivity contribution in [1.82, 2.24) is 15.1 Å². The molecule has 0 aromatic heterocycles. The lowest BCUT2D eigenvalue weighted by Gasteiger charge is -2.42. The van der Waals surface area contributed by atoms with Gasteiger partial charge in [0.1, 0.15) is 5.82 Å². The van der Waals surface area contributed by atoms with Gasteiger partial charge in [0.15, 0.2) is 0 Å². The van der Waals surface area contributed by atoms with E-state index in [1.807, 2.05) is 0 Å². The summed E-state index contributed by atoms with van der Waals surface area (Å²) >= 11 is 0. The molecule has 42 heavy (non-hydrogen) atoms. The summed E-state index contributed by atoms with van der Waals surface area (Å²) in [4.78, 5) is 28.9. The highest BCUT2D eigenvalue weighted by atomic mass is 19.4. The average Bonchev–Trinajstić information content (AvgIpc) is 2.92. The number of aryl methyl sites for hydroxylation is 1. The number of likely N-dealkylation sites (tertiary alicyclic amines) is 1. The molecule has 0 unspecified atom stereocenters. The molecule has 3 aromatic rings. The molecule has 0 aliphatic carbocycles. The molecule has 1 aliphatic heterocycles. The number of hydrogen-bond acceptors (Lipinski definition) is 2. The van der Waals surface area contributed by atoms with Gasteiger partial charge in [0.25, 0.3) is 5.91 Å². The highest BCUT2D eigenvalue weighted by Crippen LogP contribution is 2.37. The Morgan fingerprint density at radius 1 is 0.929 bits per heavy atom.